The van der Waals surface area contributed by atoms with Gasteiger partial charge in [0.1, 0.15) is 5.25 Å². The first-order chi connectivity index (χ1) is 13.6. The number of aromatic nitrogens is 3. The molecule has 0 radical (unpaired) electrons. The van der Waals surface area contributed by atoms with Crippen LogP contribution in [-0.4, -0.2) is 26.0 Å². The van der Waals surface area contributed by atoms with Gasteiger partial charge in [0.05, 0.1) is 6.04 Å². The van der Waals surface area contributed by atoms with Crippen LogP contribution in [0.1, 0.15) is 29.9 Å². The Morgan fingerprint density at radius 3 is 2.68 bits per heavy atom. The number of aryl methyl sites for hydroxylation is 2. The molecule has 3 aromatic rings. The van der Waals surface area contributed by atoms with Crippen molar-refractivity contribution in [3.05, 3.63) is 70.5 Å². The van der Waals surface area contributed by atoms with Crippen molar-refractivity contribution in [2.75, 3.05) is 10.7 Å². The minimum Gasteiger partial charge on any atom is -0.325 e. The number of rotatable bonds is 4. The number of nitrogens with one attached hydrogen (secondary N) is 2. The van der Waals surface area contributed by atoms with Gasteiger partial charge in [-0.15, -0.1) is 10.2 Å². The average Bonchev–Trinajstić information content (AvgIpc) is 3.11. The van der Waals surface area contributed by atoms with E-state index in [4.69, 9.17) is 11.6 Å². The monoisotopic (exact) mass is 413 g/mol. The number of amides is 1. The van der Waals surface area contributed by atoms with Gasteiger partial charge in [0.15, 0.2) is 5.82 Å². The van der Waals surface area contributed by atoms with Crippen LogP contribution in [0.15, 0.2) is 53.7 Å². The molecule has 1 aromatic heterocycles. The summed E-state index contributed by atoms with van der Waals surface area (Å²) < 4.78 is 1.88. The maximum Gasteiger partial charge on any atom is 0.240 e. The third-order valence-electron chi connectivity index (χ3n) is 4.71. The summed E-state index contributed by atoms with van der Waals surface area (Å²) in [7, 11) is 0. The molecule has 144 valence electrons. The average molecular weight is 414 g/mol. The minimum absolute atomic E-state index is 0.0842. The van der Waals surface area contributed by atoms with Gasteiger partial charge < -0.3 is 10.7 Å². The summed E-state index contributed by atoms with van der Waals surface area (Å²) in [4.78, 5) is 13.2. The van der Waals surface area contributed by atoms with Crippen LogP contribution in [0, 0.1) is 6.92 Å². The number of thioether (sulfide) groups is 1. The van der Waals surface area contributed by atoms with Gasteiger partial charge in [-0.1, -0.05) is 60.6 Å². The molecule has 0 spiro atoms. The Morgan fingerprint density at radius 1 is 1.21 bits per heavy atom. The molecule has 2 aromatic carbocycles. The van der Waals surface area contributed by atoms with Gasteiger partial charge in [0, 0.05) is 17.1 Å². The number of hydrogen-bond acceptors (Lipinski definition) is 5. The molecule has 0 saturated carbocycles. The van der Waals surface area contributed by atoms with Gasteiger partial charge in [-0.25, -0.2) is 4.68 Å². The molecule has 1 aliphatic heterocycles. The molecule has 6 nitrogen and oxygen atoms in total. The first-order valence-electron chi connectivity index (χ1n) is 9.06. The quantitative estimate of drug-likeness (QED) is 0.670. The fourth-order valence-corrected chi connectivity index (χ4v) is 4.39. The maximum atomic E-state index is 13.2. The highest BCUT2D eigenvalue weighted by molar-refractivity contribution is 8.00. The number of para-hydroxylation sites is 1. The number of benzene rings is 2. The molecular formula is C20H20ClN5OS. The predicted molar refractivity (Wildman–Crippen MR) is 112 cm³/mol. The summed E-state index contributed by atoms with van der Waals surface area (Å²) in [5, 5.41) is 12.5. The van der Waals surface area contributed by atoms with Crippen LogP contribution in [0.25, 0.3) is 0 Å². The number of carbonyl (C=O) groups excluding carboxylic acids is 1. The van der Waals surface area contributed by atoms with Gasteiger partial charge in [0.25, 0.3) is 0 Å². The van der Waals surface area contributed by atoms with Crippen molar-refractivity contribution in [2.45, 2.75) is 36.7 Å². The lowest BCUT2D eigenvalue weighted by atomic mass is 10.0. The number of carbonyl (C=O) groups is 1. The molecule has 2 atom stereocenters. The van der Waals surface area contributed by atoms with Crippen LogP contribution >= 0.6 is 23.4 Å². The largest absolute Gasteiger partial charge is 0.325 e. The first kappa shape index (κ1) is 18.8. The minimum atomic E-state index is -0.415. The molecule has 8 heteroatoms. The van der Waals surface area contributed by atoms with E-state index in [9.17, 15) is 4.79 Å². The Bertz CT molecular complexity index is 1000. The number of hydrogen-bond donors (Lipinski definition) is 2. The summed E-state index contributed by atoms with van der Waals surface area (Å²) >= 11 is 7.47. The van der Waals surface area contributed by atoms with Crippen LogP contribution in [0.5, 0.6) is 0 Å². The van der Waals surface area contributed by atoms with E-state index in [1.54, 1.807) is 0 Å². The zero-order chi connectivity index (χ0) is 19.7. The van der Waals surface area contributed by atoms with E-state index >= 15 is 0 Å². The fourth-order valence-electron chi connectivity index (χ4n) is 3.16. The topological polar surface area (TPSA) is 71.8 Å². The molecule has 0 unspecified atom stereocenters. The van der Waals surface area contributed by atoms with Gasteiger partial charge in [-0.3, -0.25) is 4.79 Å². The Labute approximate surface area is 172 Å². The molecule has 0 saturated heterocycles. The lowest BCUT2D eigenvalue weighted by Crippen LogP contribution is -2.41. The van der Waals surface area contributed by atoms with E-state index in [0.717, 1.165) is 29.1 Å². The number of nitrogens with zero attached hydrogens (tertiary/aromatic N) is 3. The Balaban J connectivity index is 1.68. The third-order valence-corrected chi connectivity index (χ3v) is 6.18. The summed E-state index contributed by atoms with van der Waals surface area (Å²) in [6.45, 7) is 4.00. The van der Waals surface area contributed by atoms with Crippen LogP contribution in [0.4, 0.5) is 5.69 Å². The zero-order valence-electron chi connectivity index (χ0n) is 15.5. The summed E-state index contributed by atoms with van der Waals surface area (Å²) in [6, 6.07) is 15.0. The van der Waals surface area contributed by atoms with Crippen LogP contribution < -0.4 is 10.7 Å². The van der Waals surface area contributed by atoms with Crippen LogP contribution in [0.2, 0.25) is 5.02 Å². The molecule has 1 amide bonds. The normalized spacial score (nSPS) is 18.2. The standard InChI is InChI=1S/C20H20ClN5OS/c1-3-16-23-24-20-26(16)25-17(13-8-10-14(21)11-9-13)18(28-20)19(27)22-15-7-5-4-6-12(15)2/h4-11,17-18,25H,3H2,1-2H3,(H,22,27)/t17-,18+/m0/s1. The van der Waals surface area contributed by atoms with Crippen LogP contribution in [-0.2, 0) is 11.2 Å². The first-order valence-corrected chi connectivity index (χ1v) is 10.3. The fraction of sp³-hybridized carbons (Fsp3) is 0.250. The van der Waals surface area contributed by atoms with E-state index < -0.39 is 5.25 Å². The van der Waals surface area contributed by atoms with Crippen molar-refractivity contribution in [1.82, 2.24) is 14.9 Å². The molecule has 0 fully saturated rings. The molecule has 4 rings (SSSR count). The van der Waals surface area contributed by atoms with E-state index in [1.807, 2.05) is 67.1 Å². The van der Waals surface area contributed by atoms with Crippen molar-refractivity contribution in [1.29, 1.82) is 0 Å². The highest BCUT2D eigenvalue weighted by Gasteiger charge is 2.37. The zero-order valence-corrected chi connectivity index (χ0v) is 17.1. The lowest BCUT2D eigenvalue weighted by Gasteiger charge is -2.33. The molecular weight excluding hydrogens is 394 g/mol. The highest BCUT2D eigenvalue weighted by Crippen LogP contribution is 2.38. The maximum absolute atomic E-state index is 13.2. The second-order valence-corrected chi connectivity index (χ2v) is 8.13. The molecule has 2 N–H and O–H groups in total. The van der Waals surface area contributed by atoms with E-state index in [2.05, 4.69) is 20.9 Å². The van der Waals surface area contributed by atoms with Crippen molar-refractivity contribution < 1.29 is 4.79 Å². The van der Waals surface area contributed by atoms with Gasteiger partial charge >= 0.3 is 0 Å². The molecule has 0 aliphatic carbocycles. The Kier molecular flexibility index (Phi) is 5.28. The Morgan fingerprint density at radius 2 is 1.96 bits per heavy atom. The van der Waals surface area contributed by atoms with Crippen molar-refractivity contribution in [2.24, 2.45) is 0 Å². The van der Waals surface area contributed by atoms with Crippen molar-refractivity contribution in [3.8, 4) is 0 Å². The number of halogens is 1. The predicted octanol–water partition coefficient (Wildman–Crippen LogP) is 4.20. The summed E-state index contributed by atoms with van der Waals surface area (Å²) in [5.74, 6) is 0.748. The van der Waals surface area contributed by atoms with Gasteiger partial charge in [-0.05, 0) is 36.2 Å². The second-order valence-electron chi connectivity index (χ2n) is 6.59. The smallest absolute Gasteiger partial charge is 0.240 e. The number of fused-ring (bicyclic) bond motifs is 1. The van der Waals surface area contributed by atoms with Crippen molar-refractivity contribution >= 4 is 35.0 Å². The second kappa shape index (κ2) is 7.85. The molecule has 28 heavy (non-hydrogen) atoms. The molecule has 2 heterocycles. The molecule has 1 aliphatic rings. The van der Waals surface area contributed by atoms with E-state index in [1.165, 1.54) is 11.8 Å². The van der Waals surface area contributed by atoms with Crippen LogP contribution in [0.3, 0.4) is 0 Å². The SMILES string of the molecule is CCc1nnc2n1N[C@@H](c1ccc(Cl)cc1)[C@H](C(=O)Nc1ccccc1C)S2. The molecule has 0 bridgehead atoms. The Hall–Kier alpha value is -2.51. The summed E-state index contributed by atoms with van der Waals surface area (Å²) in [5.41, 5.74) is 6.23. The number of anilines is 1. The van der Waals surface area contributed by atoms with Gasteiger partial charge in [0.2, 0.25) is 11.1 Å². The highest BCUT2D eigenvalue weighted by atomic mass is 35.5. The van der Waals surface area contributed by atoms with E-state index in [0.29, 0.717) is 10.2 Å². The lowest BCUT2D eigenvalue weighted by molar-refractivity contribution is -0.116. The van der Waals surface area contributed by atoms with Crippen molar-refractivity contribution in [3.63, 3.8) is 0 Å². The third kappa shape index (κ3) is 3.59. The van der Waals surface area contributed by atoms with Gasteiger partial charge in [-0.2, -0.15) is 0 Å². The summed E-state index contributed by atoms with van der Waals surface area (Å²) in [6.07, 6.45) is 0.744. The van der Waals surface area contributed by atoms with E-state index in [-0.39, 0.29) is 11.9 Å².